The Bertz CT molecular complexity index is 539. The van der Waals surface area contributed by atoms with Crippen molar-refractivity contribution in [2.24, 2.45) is 0 Å². The van der Waals surface area contributed by atoms with Crippen molar-refractivity contribution >= 4 is 28.6 Å². The summed E-state index contributed by atoms with van der Waals surface area (Å²) in [5.41, 5.74) is 0.945. The Hall–Kier alpha value is -1.19. The molecule has 0 aliphatic rings. The molecule has 19 heavy (non-hydrogen) atoms. The third-order valence-corrected chi connectivity index (χ3v) is 4.22. The summed E-state index contributed by atoms with van der Waals surface area (Å²) in [6, 6.07) is 10.0. The second-order valence-electron chi connectivity index (χ2n) is 4.15. The lowest BCUT2D eigenvalue weighted by Gasteiger charge is -2.12. The number of anilines is 1. The van der Waals surface area contributed by atoms with E-state index in [0.717, 1.165) is 24.4 Å². The van der Waals surface area contributed by atoms with Crippen LogP contribution in [-0.2, 0) is 13.0 Å². The van der Waals surface area contributed by atoms with E-state index >= 15 is 0 Å². The topological polar surface area (TPSA) is 21.3 Å². The molecule has 1 aromatic heterocycles. The van der Waals surface area contributed by atoms with Crippen LogP contribution in [0.5, 0.6) is 5.75 Å². The van der Waals surface area contributed by atoms with Crippen molar-refractivity contribution in [3.05, 3.63) is 45.1 Å². The van der Waals surface area contributed by atoms with Crippen LogP contribution in [0.1, 0.15) is 23.6 Å². The second-order valence-corrected chi connectivity index (χ2v) is 5.84. The molecule has 2 rings (SSSR count). The van der Waals surface area contributed by atoms with Crippen LogP contribution in [0.2, 0.25) is 5.02 Å². The molecule has 2 nitrogen and oxygen atoms in total. The lowest BCUT2D eigenvalue weighted by Crippen LogP contribution is -2.01. The van der Waals surface area contributed by atoms with Crippen LogP contribution >= 0.6 is 22.9 Å². The predicted octanol–water partition coefficient (Wildman–Crippen LogP) is 4.97. The number of halogens is 1. The maximum Gasteiger partial charge on any atom is 0.142 e. The second kappa shape index (κ2) is 6.83. The van der Waals surface area contributed by atoms with E-state index in [1.165, 1.54) is 9.75 Å². The molecule has 0 amide bonds. The van der Waals surface area contributed by atoms with E-state index in [-0.39, 0.29) is 0 Å². The smallest absolute Gasteiger partial charge is 0.142 e. The minimum absolute atomic E-state index is 0.648. The van der Waals surface area contributed by atoms with Gasteiger partial charge in [-0.1, -0.05) is 18.5 Å². The first kappa shape index (κ1) is 14.2. The number of benzene rings is 1. The SMILES string of the molecule is CCOc1ccc(Cl)cc1NCc1ccc(CC)s1. The number of ether oxygens (including phenoxy) is 1. The van der Waals surface area contributed by atoms with Gasteiger partial charge < -0.3 is 10.1 Å². The molecule has 0 aliphatic carbocycles. The molecule has 1 aromatic carbocycles. The first-order valence-electron chi connectivity index (χ1n) is 6.46. The van der Waals surface area contributed by atoms with Crippen LogP contribution in [0.15, 0.2) is 30.3 Å². The zero-order valence-electron chi connectivity index (χ0n) is 11.2. The third-order valence-electron chi connectivity index (χ3n) is 2.76. The fourth-order valence-corrected chi connectivity index (χ4v) is 2.88. The number of hydrogen-bond acceptors (Lipinski definition) is 3. The highest BCUT2D eigenvalue weighted by molar-refractivity contribution is 7.12. The van der Waals surface area contributed by atoms with Gasteiger partial charge in [0.2, 0.25) is 0 Å². The van der Waals surface area contributed by atoms with E-state index in [0.29, 0.717) is 11.6 Å². The summed E-state index contributed by atoms with van der Waals surface area (Å²) in [5, 5.41) is 4.11. The van der Waals surface area contributed by atoms with Crippen molar-refractivity contribution in [2.75, 3.05) is 11.9 Å². The van der Waals surface area contributed by atoms with Gasteiger partial charge in [-0.25, -0.2) is 0 Å². The summed E-state index contributed by atoms with van der Waals surface area (Å²) < 4.78 is 5.59. The van der Waals surface area contributed by atoms with E-state index in [1.807, 2.05) is 36.5 Å². The number of rotatable bonds is 6. The fraction of sp³-hybridized carbons (Fsp3) is 0.333. The number of hydrogen-bond donors (Lipinski definition) is 1. The largest absolute Gasteiger partial charge is 0.492 e. The molecule has 0 saturated carbocycles. The molecule has 0 unspecified atom stereocenters. The zero-order valence-corrected chi connectivity index (χ0v) is 12.8. The van der Waals surface area contributed by atoms with E-state index in [2.05, 4.69) is 24.4 Å². The highest BCUT2D eigenvalue weighted by atomic mass is 35.5. The molecule has 4 heteroatoms. The minimum Gasteiger partial charge on any atom is -0.492 e. The molecule has 0 spiro atoms. The Morgan fingerprint density at radius 3 is 2.63 bits per heavy atom. The predicted molar refractivity (Wildman–Crippen MR) is 83.6 cm³/mol. The highest BCUT2D eigenvalue weighted by Crippen LogP contribution is 2.29. The molecule has 2 aromatic rings. The number of thiophene rings is 1. The average molecular weight is 296 g/mol. The standard InChI is InChI=1S/C15H18ClNOS/c1-3-12-6-7-13(19-12)10-17-14-9-11(16)5-8-15(14)18-4-2/h5-9,17H,3-4,10H2,1-2H3. The maximum absolute atomic E-state index is 6.03. The molecule has 0 aliphatic heterocycles. The van der Waals surface area contributed by atoms with Gasteiger partial charge in [-0.2, -0.15) is 0 Å². The van der Waals surface area contributed by atoms with Gasteiger partial charge in [0, 0.05) is 21.3 Å². The van der Waals surface area contributed by atoms with Gasteiger partial charge in [0.1, 0.15) is 5.75 Å². The normalized spacial score (nSPS) is 10.5. The quantitative estimate of drug-likeness (QED) is 0.812. The van der Waals surface area contributed by atoms with Gasteiger partial charge in [-0.3, -0.25) is 0 Å². The van der Waals surface area contributed by atoms with Gasteiger partial charge in [0.05, 0.1) is 12.3 Å². The minimum atomic E-state index is 0.648. The Morgan fingerprint density at radius 2 is 1.95 bits per heavy atom. The van der Waals surface area contributed by atoms with E-state index in [4.69, 9.17) is 16.3 Å². The van der Waals surface area contributed by atoms with E-state index in [1.54, 1.807) is 0 Å². The Kier molecular flexibility index (Phi) is 5.11. The molecule has 0 atom stereocenters. The van der Waals surface area contributed by atoms with Crippen molar-refractivity contribution in [1.29, 1.82) is 0 Å². The maximum atomic E-state index is 6.03. The van der Waals surface area contributed by atoms with Gasteiger partial charge in [0.15, 0.2) is 0 Å². The molecule has 1 N–H and O–H groups in total. The van der Waals surface area contributed by atoms with E-state index in [9.17, 15) is 0 Å². The monoisotopic (exact) mass is 295 g/mol. The first-order valence-corrected chi connectivity index (χ1v) is 7.66. The summed E-state index contributed by atoms with van der Waals surface area (Å²) in [7, 11) is 0. The van der Waals surface area contributed by atoms with Crippen LogP contribution in [-0.4, -0.2) is 6.61 Å². The van der Waals surface area contributed by atoms with Gasteiger partial charge >= 0.3 is 0 Å². The summed E-state index contributed by atoms with van der Waals surface area (Å²) in [6.45, 7) is 5.60. The third kappa shape index (κ3) is 3.88. The Labute approximate surface area is 123 Å². The molecular weight excluding hydrogens is 278 g/mol. The van der Waals surface area contributed by atoms with Crippen molar-refractivity contribution in [3.63, 3.8) is 0 Å². The summed E-state index contributed by atoms with van der Waals surface area (Å²) in [5.74, 6) is 0.846. The summed E-state index contributed by atoms with van der Waals surface area (Å²) >= 11 is 7.87. The molecule has 0 bridgehead atoms. The Balaban J connectivity index is 2.07. The van der Waals surface area contributed by atoms with Crippen LogP contribution in [0.25, 0.3) is 0 Å². The van der Waals surface area contributed by atoms with Crippen LogP contribution < -0.4 is 10.1 Å². The van der Waals surface area contributed by atoms with Crippen LogP contribution in [0.4, 0.5) is 5.69 Å². The van der Waals surface area contributed by atoms with Gasteiger partial charge in [0.25, 0.3) is 0 Å². The highest BCUT2D eigenvalue weighted by Gasteiger charge is 2.05. The van der Waals surface area contributed by atoms with E-state index < -0.39 is 0 Å². The lowest BCUT2D eigenvalue weighted by molar-refractivity contribution is 0.341. The summed E-state index contributed by atoms with van der Waals surface area (Å²) in [4.78, 5) is 2.73. The van der Waals surface area contributed by atoms with Crippen molar-refractivity contribution < 1.29 is 4.74 Å². The molecular formula is C15H18ClNOS. The molecule has 102 valence electrons. The van der Waals surface area contributed by atoms with Gasteiger partial charge in [-0.15, -0.1) is 11.3 Å². The molecule has 0 saturated heterocycles. The average Bonchev–Trinajstić information content (AvgIpc) is 2.87. The van der Waals surface area contributed by atoms with Gasteiger partial charge in [-0.05, 0) is 43.7 Å². The molecule has 1 heterocycles. The van der Waals surface area contributed by atoms with Crippen LogP contribution in [0.3, 0.4) is 0 Å². The fourth-order valence-electron chi connectivity index (χ4n) is 1.81. The zero-order chi connectivity index (χ0) is 13.7. The lowest BCUT2D eigenvalue weighted by atomic mass is 10.3. The van der Waals surface area contributed by atoms with Crippen molar-refractivity contribution in [3.8, 4) is 5.75 Å². The van der Waals surface area contributed by atoms with Crippen molar-refractivity contribution in [1.82, 2.24) is 0 Å². The first-order chi connectivity index (χ1) is 9.22. The van der Waals surface area contributed by atoms with Crippen molar-refractivity contribution in [2.45, 2.75) is 26.8 Å². The number of aryl methyl sites for hydroxylation is 1. The number of nitrogens with one attached hydrogen (secondary N) is 1. The van der Waals surface area contributed by atoms with Crippen LogP contribution in [0, 0.1) is 0 Å². The molecule has 0 fully saturated rings. The molecule has 0 radical (unpaired) electrons. The summed E-state index contributed by atoms with van der Waals surface area (Å²) in [6.07, 6.45) is 1.09. The Morgan fingerprint density at radius 1 is 1.16 bits per heavy atom.